The van der Waals surface area contributed by atoms with Gasteiger partial charge < -0.3 is 0 Å². The third-order valence-electron chi connectivity index (χ3n) is 2.21. The monoisotopic (exact) mass is 202 g/mol. The van der Waals surface area contributed by atoms with Crippen LogP contribution < -0.4 is 5.48 Å². The molecule has 1 aromatic heterocycles. The number of aryl methyl sites for hydroxylation is 1. The molecule has 2 aromatic rings. The highest BCUT2D eigenvalue weighted by Gasteiger charge is 2.09. The molecule has 0 atom stereocenters. The molecule has 15 heavy (non-hydrogen) atoms. The van der Waals surface area contributed by atoms with Crippen molar-refractivity contribution in [3.8, 4) is 0 Å². The van der Waals surface area contributed by atoms with Crippen molar-refractivity contribution in [2.24, 2.45) is 0 Å². The summed E-state index contributed by atoms with van der Waals surface area (Å²) in [5.41, 5.74) is 3.42. The summed E-state index contributed by atoms with van der Waals surface area (Å²) in [5, 5.41) is 9.47. The fourth-order valence-corrected chi connectivity index (χ4v) is 1.49. The lowest BCUT2D eigenvalue weighted by molar-refractivity contribution is 0.0708. The molecule has 0 fully saturated rings. The van der Waals surface area contributed by atoms with Crippen LogP contribution in [0.25, 0.3) is 10.9 Å². The number of para-hydroxylation sites is 1. The van der Waals surface area contributed by atoms with E-state index >= 15 is 0 Å². The highest BCUT2D eigenvalue weighted by Crippen LogP contribution is 2.16. The molecule has 0 bridgehead atoms. The number of nitrogens with one attached hydrogen (secondary N) is 1. The summed E-state index contributed by atoms with van der Waals surface area (Å²) in [7, 11) is 0. The van der Waals surface area contributed by atoms with Gasteiger partial charge in [-0.1, -0.05) is 18.2 Å². The Hall–Kier alpha value is -1.94. The van der Waals surface area contributed by atoms with Crippen molar-refractivity contribution in [1.29, 1.82) is 0 Å². The van der Waals surface area contributed by atoms with Crippen LogP contribution in [0.1, 0.15) is 16.1 Å². The van der Waals surface area contributed by atoms with E-state index in [2.05, 4.69) is 4.98 Å². The molecule has 4 heteroatoms. The van der Waals surface area contributed by atoms with Gasteiger partial charge in [-0.3, -0.25) is 15.0 Å². The average molecular weight is 202 g/mol. The molecule has 2 rings (SSSR count). The number of pyridine rings is 1. The van der Waals surface area contributed by atoms with Gasteiger partial charge in [0.25, 0.3) is 5.91 Å². The predicted molar refractivity (Wildman–Crippen MR) is 55.7 cm³/mol. The van der Waals surface area contributed by atoms with Gasteiger partial charge in [-0.25, -0.2) is 5.48 Å². The van der Waals surface area contributed by atoms with Gasteiger partial charge in [0.1, 0.15) is 0 Å². The van der Waals surface area contributed by atoms with Crippen LogP contribution in [-0.4, -0.2) is 16.1 Å². The molecule has 1 aromatic carbocycles. The Morgan fingerprint density at radius 3 is 2.87 bits per heavy atom. The zero-order valence-corrected chi connectivity index (χ0v) is 8.19. The zero-order valence-electron chi connectivity index (χ0n) is 8.19. The lowest BCUT2D eigenvalue weighted by Gasteiger charge is -2.04. The maximum absolute atomic E-state index is 11.3. The van der Waals surface area contributed by atoms with Gasteiger partial charge in [-0.05, 0) is 19.1 Å². The molecule has 4 nitrogen and oxygen atoms in total. The van der Waals surface area contributed by atoms with Gasteiger partial charge in [0.15, 0.2) is 0 Å². The van der Waals surface area contributed by atoms with Crippen LogP contribution in [0.2, 0.25) is 0 Å². The van der Waals surface area contributed by atoms with E-state index in [0.29, 0.717) is 11.1 Å². The number of hydroxylamine groups is 1. The Morgan fingerprint density at radius 1 is 1.33 bits per heavy atom. The lowest BCUT2D eigenvalue weighted by atomic mass is 10.1. The molecule has 0 radical (unpaired) electrons. The van der Waals surface area contributed by atoms with Crippen LogP contribution in [0.4, 0.5) is 0 Å². The van der Waals surface area contributed by atoms with Gasteiger partial charge in [0.2, 0.25) is 0 Å². The molecule has 0 unspecified atom stereocenters. The maximum atomic E-state index is 11.3. The fourth-order valence-electron chi connectivity index (χ4n) is 1.49. The third kappa shape index (κ3) is 1.67. The molecule has 0 saturated carbocycles. The molecule has 76 valence electrons. The van der Waals surface area contributed by atoms with E-state index in [9.17, 15) is 4.79 Å². The van der Waals surface area contributed by atoms with Crippen molar-refractivity contribution in [3.05, 3.63) is 41.6 Å². The summed E-state index contributed by atoms with van der Waals surface area (Å²) in [6.07, 6.45) is 0. The number of rotatable bonds is 1. The Morgan fingerprint density at radius 2 is 2.13 bits per heavy atom. The standard InChI is InChI=1S/C11H10N2O2/c1-7-5-6-8-3-2-4-9(10(8)12-7)11(14)13-15/h2-6,15H,1H3,(H,13,14). The van der Waals surface area contributed by atoms with E-state index in [1.807, 2.05) is 25.1 Å². The molecular weight excluding hydrogens is 192 g/mol. The fraction of sp³-hybridized carbons (Fsp3) is 0.0909. The van der Waals surface area contributed by atoms with Crippen LogP contribution in [0, 0.1) is 6.92 Å². The van der Waals surface area contributed by atoms with Gasteiger partial charge in [-0.15, -0.1) is 0 Å². The first kappa shape index (κ1) is 9.61. The Bertz CT molecular complexity index is 523. The number of fused-ring (bicyclic) bond motifs is 1. The first-order valence-corrected chi connectivity index (χ1v) is 4.53. The topological polar surface area (TPSA) is 62.2 Å². The minimum Gasteiger partial charge on any atom is -0.288 e. The van der Waals surface area contributed by atoms with Crippen molar-refractivity contribution >= 4 is 16.8 Å². The number of amides is 1. The Labute approximate surface area is 86.5 Å². The van der Waals surface area contributed by atoms with E-state index in [-0.39, 0.29) is 0 Å². The Balaban J connectivity index is 2.74. The van der Waals surface area contributed by atoms with Crippen LogP contribution >= 0.6 is 0 Å². The smallest absolute Gasteiger partial charge is 0.276 e. The van der Waals surface area contributed by atoms with Crippen molar-refractivity contribution in [3.63, 3.8) is 0 Å². The second-order valence-electron chi connectivity index (χ2n) is 3.27. The first-order valence-electron chi connectivity index (χ1n) is 4.53. The molecule has 0 aliphatic heterocycles. The SMILES string of the molecule is Cc1ccc2cccc(C(=O)NO)c2n1. The molecule has 2 N–H and O–H groups in total. The third-order valence-corrected chi connectivity index (χ3v) is 2.21. The molecule has 0 aliphatic carbocycles. The van der Waals surface area contributed by atoms with E-state index in [0.717, 1.165) is 11.1 Å². The second kappa shape index (κ2) is 3.67. The molecule has 0 saturated heterocycles. The van der Waals surface area contributed by atoms with Gasteiger partial charge in [0, 0.05) is 11.1 Å². The van der Waals surface area contributed by atoms with Crippen LogP contribution in [-0.2, 0) is 0 Å². The highest BCUT2D eigenvalue weighted by atomic mass is 16.5. The van der Waals surface area contributed by atoms with Crippen LogP contribution in [0.15, 0.2) is 30.3 Å². The number of hydrogen-bond acceptors (Lipinski definition) is 3. The largest absolute Gasteiger partial charge is 0.288 e. The normalized spacial score (nSPS) is 10.3. The summed E-state index contributed by atoms with van der Waals surface area (Å²) < 4.78 is 0. The molecule has 0 aliphatic rings. The number of carbonyl (C=O) groups is 1. The van der Waals surface area contributed by atoms with Crippen molar-refractivity contribution in [2.45, 2.75) is 6.92 Å². The molecule has 1 amide bonds. The number of benzene rings is 1. The van der Waals surface area contributed by atoms with E-state index < -0.39 is 5.91 Å². The molecule has 0 spiro atoms. The predicted octanol–water partition coefficient (Wildman–Crippen LogP) is 1.66. The summed E-state index contributed by atoms with van der Waals surface area (Å²) >= 11 is 0. The van der Waals surface area contributed by atoms with E-state index in [1.54, 1.807) is 17.6 Å². The lowest BCUT2D eigenvalue weighted by Crippen LogP contribution is -2.19. The minimum absolute atomic E-state index is 0.374. The summed E-state index contributed by atoms with van der Waals surface area (Å²) in [6, 6.07) is 9.02. The summed E-state index contributed by atoms with van der Waals surface area (Å²) in [5.74, 6) is -0.543. The summed E-state index contributed by atoms with van der Waals surface area (Å²) in [4.78, 5) is 15.6. The molecular formula is C11H10N2O2. The highest BCUT2D eigenvalue weighted by molar-refractivity contribution is 6.04. The number of hydrogen-bond donors (Lipinski definition) is 2. The van der Waals surface area contributed by atoms with E-state index in [1.165, 1.54) is 0 Å². The van der Waals surface area contributed by atoms with Crippen molar-refractivity contribution < 1.29 is 10.0 Å². The van der Waals surface area contributed by atoms with Gasteiger partial charge in [-0.2, -0.15) is 0 Å². The van der Waals surface area contributed by atoms with Gasteiger partial charge >= 0.3 is 0 Å². The zero-order chi connectivity index (χ0) is 10.8. The number of nitrogens with zero attached hydrogens (tertiary/aromatic N) is 1. The minimum atomic E-state index is -0.543. The Kier molecular flexibility index (Phi) is 2.35. The van der Waals surface area contributed by atoms with Crippen LogP contribution in [0.3, 0.4) is 0 Å². The summed E-state index contributed by atoms with van der Waals surface area (Å²) in [6.45, 7) is 1.85. The van der Waals surface area contributed by atoms with Gasteiger partial charge in [0.05, 0.1) is 11.1 Å². The molecule has 1 heterocycles. The van der Waals surface area contributed by atoms with E-state index in [4.69, 9.17) is 5.21 Å². The average Bonchev–Trinajstić information content (AvgIpc) is 2.27. The second-order valence-corrected chi connectivity index (χ2v) is 3.27. The van der Waals surface area contributed by atoms with Crippen molar-refractivity contribution in [2.75, 3.05) is 0 Å². The maximum Gasteiger partial charge on any atom is 0.276 e. The number of aromatic nitrogens is 1. The first-order chi connectivity index (χ1) is 7.22. The van der Waals surface area contributed by atoms with Crippen LogP contribution in [0.5, 0.6) is 0 Å². The quantitative estimate of drug-likeness (QED) is 0.546. The van der Waals surface area contributed by atoms with Crippen molar-refractivity contribution in [1.82, 2.24) is 10.5 Å². The number of carbonyl (C=O) groups excluding carboxylic acids is 1.